The van der Waals surface area contributed by atoms with Gasteiger partial charge in [-0.25, -0.2) is 4.79 Å². The van der Waals surface area contributed by atoms with E-state index < -0.39 is 17.6 Å². The average molecular weight is 571 g/mol. The van der Waals surface area contributed by atoms with E-state index in [2.05, 4.69) is 33.2 Å². The molecular weight excluding hydrogens is 545 g/mol. The molecule has 0 saturated heterocycles. The summed E-state index contributed by atoms with van der Waals surface area (Å²) < 4.78 is 6.66. The van der Waals surface area contributed by atoms with E-state index in [-0.39, 0.29) is 11.7 Å². The second kappa shape index (κ2) is 11.1. The number of amides is 2. The number of aromatic hydroxyl groups is 1. The maximum atomic E-state index is 12.7. The van der Waals surface area contributed by atoms with Crippen molar-refractivity contribution in [2.24, 2.45) is 5.41 Å². The number of nitrogens with one attached hydrogen (secondary N) is 2. The van der Waals surface area contributed by atoms with Crippen LogP contribution in [-0.2, 0) is 9.53 Å². The van der Waals surface area contributed by atoms with Gasteiger partial charge in [0.15, 0.2) is 0 Å². The summed E-state index contributed by atoms with van der Waals surface area (Å²) in [5.41, 5.74) is 6.98. The number of carbonyl (C=O) groups is 2. The van der Waals surface area contributed by atoms with Gasteiger partial charge in [-0.2, -0.15) is 0 Å². The minimum atomic E-state index is -0.892. The lowest BCUT2D eigenvalue weighted by Gasteiger charge is -2.32. The first-order valence-electron chi connectivity index (χ1n) is 10.5. The first kappa shape index (κ1) is 25.1. The fourth-order valence-electron chi connectivity index (χ4n) is 3.29. The van der Waals surface area contributed by atoms with E-state index in [9.17, 15) is 14.7 Å². The number of para-hydroxylation sites is 3. The van der Waals surface area contributed by atoms with Gasteiger partial charge in [0.05, 0.1) is 11.4 Å². The van der Waals surface area contributed by atoms with Crippen molar-refractivity contribution < 1.29 is 19.4 Å². The van der Waals surface area contributed by atoms with Crippen LogP contribution in [-0.4, -0.2) is 17.1 Å². The van der Waals surface area contributed by atoms with Crippen molar-refractivity contribution in [2.45, 2.75) is 20.0 Å². The van der Waals surface area contributed by atoms with Gasteiger partial charge in [0.2, 0.25) is 5.91 Å². The molecule has 0 aliphatic rings. The molecule has 0 aliphatic heterocycles. The van der Waals surface area contributed by atoms with Crippen molar-refractivity contribution >= 4 is 51.7 Å². The van der Waals surface area contributed by atoms with Crippen LogP contribution >= 0.6 is 22.6 Å². The van der Waals surface area contributed by atoms with Gasteiger partial charge in [0.25, 0.3) is 0 Å². The summed E-state index contributed by atoms with van der Waals surface area (Å²) in [6.45, 7) is 3.63. The number of benzene rings is 3. The van der Waals surface area contributed by atoms with E-state index in [1.54, 1.807) is 72.8 Å². The van der Waals surface area contributed by atoms with Crippen LogP contribution in [0, 0.1) is 8.99 Å². The molecule has 3 aromatic carbocycles. The normalized spacial score (nSPS) is 12.2. The van der Waals surface area contributed by atoms with Gasteiger partial charge in [0.1, 0.15) is 11.9 Å². The molecule has 0 bridgehead atoms. The van der Waals surface area contributed by atoms with E-state index in [1.165, 1.54) is 6.08 Å². The van der Waals surface area contributed by atoms with Gasteiger partial charge < -0.3 is 20.9 Å². The van der Waals surface area contributed by atoms with Gasteiger partial charge in [0, 0.05) is 20.2 Å². The number of carbonyl (C=O) groups excluding carboxylic acids is 2. The van der Waals surface area contributed by atoms with Gasteiger partial charge in [-0.15, -0.1) is 0 Å². The topological polar surface area (TPSA) is 114 Å². The molecule has 0 saturated carbocycles. The third kappa shape index (κ3) is 6.74. The van der Waals surface area contributed by atoms with Crippen LogP contribution in [0.4, 0.5) is 21.9 Å². The average Bonchev–Trinajstić information content (AvgIpc) is 2.80. The van der Waals surface area contributed by atoms with Crippen LogP contribution in [0.5, 0.6) is 5.75 Å². The van der Waals surface area contributed by atoms with E-state index in [4.69, 9.17) is 10.5 Å². The highest BCUT2D eigenvalue weighted by Gasteiger charge is 2.34. The minimum Gasteiger partial charge on any atom is -0.508 e. The molecule has 0 radical (unpaired) electrons. The number of anilines is 3. The van der Waals surface area contributed by atoms with Gasteiger partial charge >= 0.3 is 6.09 Å². The molecule has 176 valence electrons. The van der Waals surface area contributed by atoms with Crippen LogP contribution in [0.25, 0.3) is 0 Å². The summed E-state index contributed by atoms with van der Waals surface area (Å²) in [6.07, 6.45) is 1.43. The number of phenolic OH excluding ortho intramolecular Hbond substituents is 1. The van der Waals surface area contributed by atoms with Crippen molar-refractivity contribution in [3.05, 3.63) is 94.1 Å². The maximum absolute atomic E-state index is 12.7. The Kier molecular flexibility index (Phi) is 8.17. The molecule has 0 spiro atoms. The zero-order valence-corrected chi connectivity index (χ0v) is 20.9. The Morgan fingerprint density at radius 2 is 1.71 bits per heavy atom. The zero-order valence-electron chi connectivity index (χ0n) is 18.8. The zero-order chi connectivity index (χ0) is 24.7. The molecule has 0 heterocycles. The lowest BCUT2D eigenvalue weighted by atomic mass is 9.81. The summed E-state index contributed by atoms with van der Waals surface area (Å²) in [4.78, 5) is 25.3. The van der Waals surface area contributed by atoms with E-state index in [0.29, 0.717) is 22.6 Å². The van der Waals surface area contributed by atoms with Crippen LogP contribution in [0.2, 0.25) is 0 Å². The Morgan fingerprint density at radius 1 is 1.03 bits per heavy atom. The van der Waals surface area contributed by atoms with Crippen molar-refractivity contribution in [1.82, 2.24) is 0 Å². The number of hydrogen-bond acceptors (Lipinski definition) is 5. The molecule has 3 aromatic rings. The minimum absolute atomic E-state index is 0.0130. The first-order valence-corrected chi connectivity index (χ1v) is 11.6. The van der Waals surface area contributed by atoms with Gasteiger partial charge in [-0.1, -0.05) is 50.3 Å². The van der Waals surface area contributed by atoms with Crippen molar-refractivity contribution in [3.8, 4) is 5.75 Å². The molecule has 0 fully saturated rings. The molecule has 34 heavy (non-hydrogen) atoms. The van der Waals surface area contributed by atoms with Crippen LogP contribution < -0.4 is 16.4 Å². The fraction of sp³-hybridized carbons (Fsp3) is 0.154. The number of nitrogen functional groups attached to an aromatic ring is 1. The van der Waals surface area contributed by atoms with Gasteiger partial charge in [-0.3, -0.25) is 10.1 Å². The van der Waals surface area contributed by atoms with Crippen molar-refractivity contribution in [3.63, 3.8) is 0 Å². The van der Waals surface area contributed by atoms with E-state index >= 15 is 0 Å². The summed E-state index contributed by atoms with van der Waals surface area (Å²) in [5.74, 6) is -0.397. The third-order valence-electron chi connectivity index (χ3n) is 5.08. The molecular formula is C26H26IN3O4. The molecule has 0 aliphatic carbocycles. The second-order valence-electron chi connectivity index (χ2n) is 8.21. The monoisotopic (exact) mass is 571 g/mol. The molecule has 0 unspecified atom stereocenters. The number of ether oxygens (including phenoxy) is 1. The largest absolute Gasteiger partial charge is 0.508 e. The maximum Gasteiger partial charge on any atom is 0.412 e. The molecule has 3 rings (SSSR count). The van der Waals surface area contributed by atoms with Crippen LogP contribution in [0.3, 0.4) is 0 Å². The number of hydrogen-bond donors (Lipinski definition) is 4. The van der Waals surface area contributed by atoms with Gasteiger partial charge in [-0.05, 0) is 71.1 Å². The predicted octanol–water partition coefficient (Wildman–Crippen LogP) is 6.09. The Balaban J connectivity index is 1.85. The highest BCUT2D eigenvalue weighted by Crippen LogP contribution is 2.42. The highest BCUT2D eigenvalue weighted by atomic mass is 127. The predicted molar refractivity (Wildman–Crippen MR) is 143 cm³/mol. The highest BCUT2D eigenvalue weighted by molar-refractivity contribution is 14.1. The lowest BCUT2D eigenvalue weighted by molar-refractivity contribution is -0.112. The van der Waals surface area contributed by atoms with E-state index in [1.807, 2.05) is 19.9 Å². The van der Waals surface area contributed by atoms with Crippen molar-refractivity contribution in [2.75, 3.05) is 16.4 Å². The number of nitrogens with two attached hydrogens (primary N) is 1. The SMILES string of the molecule is CC(C)(/C=C/C(=O)Nc1ccccc1N)[C@H](OC(=O)Nc1ccccc1)c1cc(I)ccc1O. The Bertz CT molecular complexity index is 1200. The van der Waals surface area contributed by atoms with Crippen LogP contribution in [0.15, 0.2) is 84.9 Å². The summed E-state index contributed by atoms with van der Waals surface area (Å²) in [6, 6.07) is 20.9. The number of phenols is 1. The quantitative estimate of drug-likeness (QED) is 0.156. The Morgan fingerprint density at radius 3 is 2.41 bits per heavy atom. The summed E-state index contributed by atoms with van der Waals surface area (Å²) in [5, 5.41) is 16.0. The molecule has 1 atom stereocenters. The standard InChI is InChI=1S/C26H26IN3O4/c1-26(2,15-14-23(32)30-21-11-7-6-10-20(21)28)24(19-16-17(27)12-13-22(19)31)34-25(33)29-18-8-4-3-5-9-18/h3-16,24,31H,28H2,1-2H3,(H,29,33)(H,30,32)/b15-14+/t24-/m1/s1. The van der Waals surface area contributed by atoms with E-state index in [0.717, 1.165) is 3.57 Å². The summed E-state index contributed by atoms with van der Waals surface area (Å²) in [7, 11) is 0. The van der Waals surface area contributed by atoms with Crippen LogP contribution in [0.1, 0.15) is 25.5 Å². The molecule has 2 amide bonds. The molecule has 7 nitrogen and oxygen atoms in total. The number of rotatable bonds is 7. The smallest absolute Gasteiger partial charge is 0.412 e. The Hall–Kier alpha value is -3.53. The lowest BCUT2D eigenvalue weighted by Crippen LogP contribution is -2.28. The second-order valence-corrected chi connectivity index (χ2v) is 9.46. The molecule has 5 N–H and O–H groups in total. The fourth-order valence-corrected chi connectivity index (χ4v) is 3.81. The first-order chi connectivity index (χ1) is 16.2. The molecule has 8 heteroatoms. The third-order valence-corrected chi connectivity index (χ3v) is 5.75. The Labute approximate surface area is 212 Å². The van der Waals surface area contributed by atoms with Crippen molar-refractivity contribution in [1.29, 1.82) is 0 Å². The molecule has 0 aromatic heterocycles. The summed E-state index contributed by atoms with van der Waals surface area (Å²) >= 11 is 2.12. The number of halogens is 1.